The van der Waals surface area contributed by atoms with Gasteiger partial charge >= 0.3 is 6.09 Å². The summed E-state index contributed by atoms with van der Waals surface area (Å²) in [5.41, 5.74) is 0.987. The first-order valence-electron chi connectivity index (χ1n) is 11.6. The van der Waals surface area contributed by atoms with Crippen molar-refractivity contribution < 1.29 is 23.5 Å². The number of aryl methyl sites for hydroxylation is 1. The fraction of sp³-hybridized carbons (Fsp3) is 0.222. The minimum Gasteiger partial charge on any atom is -0.443 e. The average Bonchev–Trinajstić information content (AvgIpc) is 3.32. The molecule has 0 bridgehead atoms. The summed E-state index contributed by atoms with van der Waals surface area (Å²) in [4.78, 5) is 35.1. The highest BCUT2D eigenvalue weighted by Gasteiger charge is 2.29. The molecule has 0 atom stereocenters. The number of nitrogens with zero attached hydrogens (tertiary/aromatic N) is 5. The van der Waals surface area contributed by atoms with Gasteiger partial charge in [-0.25, -0.2) is 24.1 Å². The van der Waals surface area contributed by atoms with E-state index in [4.69, 9.17) is 14.7 Å². The van der Waals surface area contributed by atoms with Crippen LogP contribution in [0.1, 0.15) is 32.8 Å². The molecule has 4 rings (SSSR count). The van der Waals surface area contributed by atoms with Gasteiger partial charge in [0.2, 0.25) is 11.8 Å². The molecule has 0 spiro atoms. The molecule has 38 heavy (non-hydrogen) atoms. The summed E-state index contributed by atoms with van der Waals surface area (Å²) < 4.78 is 27.1. The van der Waals surface area contributed by atoms with Gasteiger partial charge in [0.05, 0.1) is 24.2 Å². The lowest BCUT2D eigenvalue weighted by molar-refractivity contribution is -0.115. The van der Waals surface area contributed by atoms with Crippen molar-refractivity contribution in [3.63, 3.8) is 0 Å². The van der Waals surface area contributed by atoms with Gasteiger partial charge in [0, 0.05) is 11.8 Å². The van der Waals surface area contributed by atoms with Crippen molar-refractivity contribution in [1.29, 1.82) is 5.26 Å². The van der Waals surface area contributed by atoms with E-state index >= 15 is 0 Å². The fourth-order valence-corrected chi connectivity index (χ4v) is 3.64. The van der Waals surface area contributed by atoms with E-state index in [0.717, 1.165) is 0 Å². The third kappa shape index (κ3) is 5.87. The molecule has 4 aromatic rings. The smallest absolute Gasteiger partial charge is 0.420 e. The molecule has 0 saturated heterocycles. The van der Waals surface area contributed by atoms with Crippen LogP contribution >= 0.6 is 0 Å². The number of aromatic nitrogens is 3. The van der Waals surface area contributed by atoms with Gasteiger partial charge in [0.1, 0.15) is 35.4 Å². The van der Waals surface area contributed by atoms with Crippen LogP contribution in [-0.2, 0) is 9.53 Å². The molecule has 0 aliphatic heterocycles. The molecule has 0 saturated carbocycles. The molecule has 2 aromatic carbocycles. The van der Waals surface area contributed by atoms with Crippen LogP contribution in [0, 0.1) is 24.1 Å². The summed E-state index contributed by atoms with van der Waals surface area (Å²) >= 11 is 0. The van der Waals surface area contributed by atoms with E-state index in [1.54, 1.807) is 62.4 Å². The van der Waals surface area contributed by atoms with Crippen molar-refractivity contribution in [2.45, 2.75) is 39.7 Å². The molecular weight excluding hydrogens is 491 g/mol. The Kier molecular flexibility index (Phi) is 7.25. The lowest BCUT2D eigenvalue weighted by atomic mass is 10.1. The number of benzene rings is 2. The van der Waals surface area contributed by atoms with Crippen LogP contribution in [0.4, 0.5) is 26.4 Å². The number of ether oxygens (including phenoxy) is 2. The normalized spacial score (nSPS) is 11.1. The molecule has 0 fully saturated rings. The molecule has 2 amide bonds. The second-order valence-corrected chi connectivity index (χ2v) is 9.33. The Morgan fingerprint density at radius 3 is 2.68 bits per heavy atom. The summed E-state index contributed by atoms with van der Waals surface area (Å²) in [6.45, 7) is 6.92. The summed E-state index contributed by atoms with van der Waals surface area (Å²) in [6.07, 6.45) is 3.47. The molecule has 0 radical (unpaired) electrons. The molecule has 1 N–H and O–H groups in total. The molecule has 0 aliphatic carbocycles. The zero-order valence-corrected chi connectivity index (χ0v) is 21.2. The average molecular weight is 517 g/mol. The molecular formula is C27H25FN6O4. The Labute approximate surface area is 218 Å². The van der Waals surface area contributed by atoms with Crippen LogP contribution in [0.25, 0.3) is 5.52 Å². The van der Waals surface area contributed by atoms with E-state index in [2.05, 4.69) is 15.3 Å². The zero-order valence-electron chi connectivity index (χ0n) is 21.2. The van der Waals surface area contributed by atoms with E-state index in [9.17, 15) is 14.0 Å². The first-order valence-corrected chi connectivity index (χ1v) is 11.6. The summed E-state index contributed by atoms with van der Waals surface area (Å²) in [5.74, 6) is -0.000593. The second kappa shape index (κ2) is 10.6. The highest BCUT2D eigenvalue weighted by molar-refractivity contribution is 5.99. The lowest BCUT2D eigenvalue weighted by Gasteiger charge is -2.28. The predicted octanol–water partition coefficient (Wildman–Crippen LogP) is 5.89. The number of carbonyl (C=O) groups is 2. The monoisotopic (exact) mass is 516 g/mol. The highest BCUT2D eigenvalue weighted by atomic mass is 19.1. The van der Waals surface area contributed by atoms with Gasteiger partial charge < -0.3 is 14.8 Å². The van der Waals surface area contributed by atoms with Gasteiger partial charge in [-0.2, -0.15) is 5.26 Å². The van der Waals surface area contributed by atoms with Crippen LogP contribution in [0.15, 0.2) is 61.2 Å². The lowest BCUT2D eigenvalue weighted by Crippen LogP contribution is -2.35. The summed E-state index contributed by atoms with van der Waals surface area (Å²) in [7, 11) is 0. The van der Waals surface area contributed by atoms with Crippen LogP contribution < -0.4 is 15.0 Å². The topological polar surface area (TPSA) is 122 Å². The zero-order chi connectivity index (χ0) is 27.4. The third-order valence-corrected chi connectivity index (χ3v) is 5.17. The van der Waals surface area contributed by atoms with Crippen LogP contribution in [0.2, 0.25) is 0 Å². The Bertz CT molecular complexity index is 1550. The third-order valence-electron chi connectivity index (χ3n) is 5.17. The number of carbonyl (C=O) groups excluding carboxylic acids is 2. The molecule has 11 heteroatoms. The maximum absolute atomic E-state index is 13.9. The van der Waals surface area contributed by atoms with Crippen LogP contribution in [-0.4, -0.2) is 32.0 Å². The van der Waals surface area contributed by atoms with Gasteiger partial charge in [-0.05, 0) is 63.6 Å². The molecule has 10 nitrogen and oxygen atoms in total. The summed E-state index contributed by atoms with van der Waals surface area (Å²) in [5, 5.41) is 11.3. The van der Waals surface area contributed by atoms with Crippen LogP contribution in [0.5, 0.6) is 11.6 Å². The number of rotatable bonds is 6. The maximum Gasteiger partial charge on any atom is 0.420 e. The molecule has 2 aromatic heterocycles. The van der Waals surface area contributed by atoms with E-state index in [0.29, 0.717) is 28.2 Å². The number of anilines is 3. The van der Waals surface area contributed by atoms with E-state index in [1.807, 2.05) is 0 Å². The van der Waals surface area contributed by atoms with Crippen molar-refractivity contribution >= 4 is 34.7 Å². The molecule has 0 unspecified atom stereocenters. The number of fused-ring (bicyclic) bond motifs is 1. The fourth-order valence-electron chi connectivity index (χ4n) is 3.64. The van der Waals surface area contributed by atoms with Crippen LogP contribution in [0.3, 0.4) is 0 Å². The van der Waals surface area contributed by atoms with Crippen molar-refractivity contribution in [2.75, 3.05) is 10.2 Å². The number of hydrogen-bond acceptors (Lipinski definition) is 7. The number of imidazole rings is 1. The van der Waals surface area contributed by atoms with Gasteiger partial charge in [0.25, 0.3) is 0 Å². The standard InChI is InChI=1S/C27H25FN6O4/c1-17-12-18(28)8-9-21(17)34(26(36)38-27(2,3)4)25-22-14-30-16-33(22)24(15-31-25)37-20-7-5-6-19(13-20)32-23(35)10-11-29/h5-9,12-16H,10H2,1-4H3,(H,32,35). The number of halogens is 1. The van der Waals surface area contributed by atoms with Crippen molar-refractivity contribution in [3.8, 4) is 17.7 Å². The largest absolute Gasteiger partial charge is 0.443 e. The van der Waals surface area contributed by atoms with Gasteiger partial charge in [0.15, 0.2) is 5.82 Å². The Morgan fingerprint density at radius 1 is 1.18 bits per heavy atom. The number of hydrogen-bond donors (Lipinski definition) is 1. The Balaban J connectivity index is 1.74. The van der Waals surface area contributed by atoms with E-state index in [1.165, 1.54) is 41.8 Å². The SMILES string of the molecule is Cc1cc(F)ccc1N(C(=O)OC(C)(C)C)c1ncc(Oc2cccc(NC(=O)CC#N)c2)n2cncc12. The number of nitrogens with one attached hydrogen (secondary N) is 1. The van der Waals surface area contributed by atoms with E-state index < -0.39 is 23.4 Å². The first-order chi connectivity index (χ1) is 18.1. The first kappa shape index (κ1) is 26.1. The Morgan fingerprint density at radius 2 is 1.97 bits per heavy atom. The quantitative estimate of drug-likeness (QED) is 0.339. The maximum atomic E-state index is 13.9. The van der Waals surface area contributed by atoms with Crippen molar-refractivity contribution in [3.05, 3.63) is 72.6 Å². The Hall–Kier alpha value is -4.98. The minimum absolute atomic E-state index is 0.205. The summed E-state index contributed by atoms with van der Waals surface area (Å²) in [6, 6.07) is 12.5. The highest BCUT2D eigenvalue weighted by Crippen LogP contribution is 2.34. The molecule has 0 aliphatic rings. The number of amides is 2. The van der Waals surface area contributed by atoms with Crippen molar-refractivity contribution in [1.82, 2.24) is 14.4 Å². The molecule has 2 heterocycles. The number of nitriles is 1. The van der Waals surface area contributed by atoms with E-state index in [-0.39, 0.29) is 18.1 Å². The second-order valence-electron chi connectivity index (χ2n) is 9.33. The van der Waals surface area contributed by atoms with Crippen molar-refractivity contribution in [2.24, 2.45) is 0 Å². The predicted molar refractivity (Wildman–Crippen MR) is 138 cm³/mol. The van der Waals surface area contributed by atoms with Gasteiger partial charge in [-0.15, -0.1) is 0 Å². The van der Waals surface area contributed by atoms with Gasteiger partial charge in [-0.3, -0.25) is 9.20 Å². The molecule has 194 valence electrons. The van der Waals surface area contributed by atoms with Gasteiger partial charge in [-0.1, -0.05) is 6.07 Å². The minimum atomic E-state index is -0.795.